The van der Waals surface area contributed by atoms with Crippen LogP contribution in [0.15, 0.2) is 24.3 Å². The third kappa shape index (κ3) is 4.03. The van der Waals surface area contributed by atoms with E-state index in [1.54, 1.807) is 0 Å². The van der Waals surface area contributed by atoms with Crippen LogP contribution in [0.3, 0.4) is 0 Å². The maximum atomic E-state index is 12.7. The first kappa shape index (κ1) is 14.5. The highest BCUT2D eigenvalue weighted by Crippen LogP contribution is 2.31. The summed E-state index contributed by atoms with van der Waals surface area (Å²) in [5, 5.41) is 2.46. The lowest BCUT2D eigenvalue weighted by atomic mass is 10.1. The third-order valence-corrected chi connectivity index (χ3v) is 2.32. The Bertz CT molecular complexity index is 416. The van der Waals surface area contributed by atoms with Crippen LogP contribution in [0.4, 0.5) is 13.2 Å². The molecule has 1 aromatic carbocycles. The number of alkyl halides is 3. The summed E-state index contributed by atoms with van der Waals surface area (Å²) in [6.45, 7) is 0.873. The van der Waals surface area contributed by atoms with Gasteiger partial charge < -0.3 is 10.2 Å². The number of hydrogen-bond acceptors (Lipinski definition) is 2. The van der Waals surface area contributed by atoms with Crippen molar-refractivity contribution in [2.45, 2.75) is 6.18 Å². The van der Waals surface area contributed by atoms with Crippen molar-refractivity contribution >= 4 is 5.91 Å². The molecule has 0 spiro atoms. The predicted octanol–water partition coefficient (Wildman–Crippen LogP) is 2.00. The van der Waals surface area contributed by atoms with Crippen LogP contribution < -0.4 is 5.32 Å². The van der Waals surface area contributed by atoms with Gasteiger partial charge in [0.15, 0.2) is 0 Å². The van der Waals surface area contributed by atoms with Crippen molar-refractivity contribution in [3.63, 3.8) is 0 Å². The Morgan fingerprint density at radius 1 is 1.28 bits per heavy atom. The molecule has 0 bridgehead atoms. The van der Waals surface area contributed by atoms with Crippen molar-refractivity contribution in [1.29, 1.82) is 0 Å². The molecule has 0 radical (unpaired) electrons. The Balaban J connectivity index is 2.80. The van der Waals surface area contributed by atoms with Gasteiger partial charge in [-0.15, -0.1) is 0 Å². The van der Waals surface area contributed by atoms with Crippen molar-refractivity contribution in [3.05, 3.63) is 35.4 Å². The van der Waals surface area contributed by atoms with Crippen molar-refractivity contribution in [2.24, 2.45) is 0 Å². The number of hydrogen-bond donors (Lipinski definition) is 1. The number of benzene rings is 1. The van der Waals surface area contributed by atoms with Gasteiger partial charge in [-0.1, -0.05) is 12.1 Å². The van der Waals surface area contributed by atoms with Gasteiger partial charge in [0.05, 0.1) is 11.1 Å². The van der Waals surface area contributed by atoms with Crippen molar-refractivity contribution < 1.29 is 18.0 Å². The molecule has 18 heavy (non-hydrogen) atoms. The Hall–Kier alpha value is -1.56. The zero-order valence-electron chi connectivity index (χ0n) is 10.2. The second kappa shape index (κ2) is 5.86. The molecule has 0 saturated heterocycles. The fourth-order valence-electron chi connectivity index (χ4n) is 1.42. The summed E-state index contributed by atoms with van der Waals surface area (Å²) in [6, 6.07) is 4.75. The van der Waals surface area contributed by atoms with Crippen LogP contribution >= 0.6 is 0 Å². The van der Waals surface area contributed by atoms with E-state index in [-0.39, 0.29) is 5.56 Å². The van der Waals surface area contributed by atoms with Gasteiger partial charge in [0.25, 0.3) is 5.91 Å². The molecule has 0 unspecified atom stereocenters. The van der Waals surface area contributed by atoms with E-state index in [0.717, 1.165) is 6.07 Å². The molecule has 0 aliphatic rings. The van der Waals surface area contributed by atoms with Crippen LogP contribution in [0.25, 0.3) is 0 Å². The minimum absolute atomic E-state index is 0.304. The van der Waals surface area contributed by atoms with Crippen molar-refractivity contribution in [1.82, 2.24) is 10.2 Å². The monoisotopic (exact) mass is 260 g/mol. The maximum absolute atomic E-state index is 12.7. The largest absolute Gasteiger partial charge is 0.417 e. The van der Waals surface area contributed by atoms with Gasteiger partial charge in [-0.25, -0.2) is 0 Å². The van der Waals surface area contributed by atoms with E-state index in [2.05, 4.69) is 5.32 Å². The van der Waals surface area contributed by atoms with Crippen LogP contribution in [0, 0.1) is 0 Å². The lowest BCUT2D eigenvalue weighted by Crippen LogP contribution is -2.32. The smallest absolute Gasteiger partial charge is 0.351 e. The molecule has 0 aliphatic heterocycles. The van der Waals surface area contributed by atoms with Gasteiger partial charge in [-0.2, -0.15) is 13.2 Å². The molecule has 6 heteroatoms. The summed E-state index contributed by atoms with van der Waals surface area (Å²) < 4.78 is 38.0. The molecule has 3 nitrogen and oxygen atoms in total. The Kier molecular flexibility index (Phi) is 4.72. The van der Waals surface area contributed by atoms with Crippen molar-refractivity contribution in [3.8, 4) is 0 Å². The van der Waals surface area contributed by atoms with Gasteiger partial charge in [-0.05, 0) is 26.2 Å². The first-order valence-electron chi connectivity index (χ1n) is 5.41. The molecule has 0 heterocycles. The molecule has 100 valence electrons. The summed E-state index contributed by atoms with van der Waals surface area (Å²) >= 11 is 0. The van der Waals surface area contributed by atoms with Crippen LogP contribution in [0.2, 0.25) is 0 Å². The van der Waals surface area contributed by atoms with Gasteiger partial charge in [0, 0.05) is 13.1 Å². The minimum atomic E-state index is -4.52. The summed E-state index contributed by atoms with van der Waals surface area (Å²) in [7, 11) is 3.63. The Morgan fingerprint density at radius 3 is 2.44 bits per heavy atom. The number of nitrogens with zero attached hydrogens (tertiary/aromatic N) is 1. The third-order valence-electron chi connectivity index (χ3n) is 2.32. The molecule has 1 rings (SSSR count). The van der Waals surface area contributed by atoms with Crippen LogP contribution in [0.1, 0.15) is 15.9 Å². The zero-order valence-corrected chi connectivity index (χ0v) is 10.2. The molecular weight excluding hydrogens is 245 g/mol. The number of amides is 1. The van der Waals surface area contributed by atoms with E-state index in [0.29, 0.717) is 13.1 Å². The van der Waals surface area contributed by atoms with E-state index in [9.17, 15) is 18.0 Å². The Morgan fingerprint density at radius 2 is 1.89 bits per heavy atom. The fourth-order valence-corrected chi connectivity index (χ4v) is 1.42. The van der Waals surface area contributed by atoms with E-state index in [4.69, 9.17) is 0 Å². The van der Waals surface area contributed by atoms with Gasteiger partial charge in [0.1, 0.15) is 0 Å². The molecule has 0 aliphatic carbocycles. The molecule has 1 aromatic rings. The van der Waals surface area contributed by atoms with Crippen LogP contribution in [-0.2, 0) is 6.18 Å². The Labute approximate surface area is 104 Å². The summed E-state index contributed by atoms with van der Waals surface area (Å²) in [5.74, 6) is -0.704. The number of likely N-dealkylation sites (N-methyl/N-ethyl adjacent to an activating group) is 1. The number of halogens is 3. The zero-order chi connectivity index (χ0) is 13.8. The normalized spacial score (nSPS) is 11.7. The summed E-state index contributed by atoms with van der Waals surface area (Å²) in [4.78, 5) is 13.5. The van der Waals surface area contributed by atoms with Gasteiger partial charge in [-0.3, -0.25) is 4.79 Å². The number of carbonyl (C=O) groups excluding carboxylic acids is 1. The minimum Gasteiger partial charge on any atom is -0.351 e. The highest BCUT2D eigenvalue weighted by Gasteiger charge is 2.34. The number of nitrogens with one attached hydrogen (secondary N) is 1. The average molecular weight is 260 g/mol. The predicted molar refractivity (Wildman–Crippen MR) is 62.3 cm³/mol. The van der Waals surface area contributed by atoms with E-state index < -0.39 is 17.6 Å². The van der Waals surface area contributed by atoms with Crippen molar-refractivity contribution in [2.75, 3.05) is 27.2 Å². The summed E-state index contributed by atoms with van der Waals surface area (Å²) in [6.07, 6.45) is -4.52. The first-order valence-corrected chi connectivity index (χ1v) is 5.41. The molecular formula is C12H15F3N2O. The first-order chi connectivity index (χ1) is 8.32. The highest BCUT2D eigenvalue weighted by atomic mass is 19.4. The van der Waals surface area contributed by atoms with Gasteiger partial charge in [0.2, 0.25) is 0 Å². The molecule has 0 saturated carbocycles. The SMILES string of the molecule is CN(C)CCNC(=O)c1ccccc1C(F)(F)F. The second-order valence-corrected chi connectivity index (χ2v) is 4.10. The van der Waals surface area contributed by atoms with Gasteiger partial charge >= 0.3 is 6.18 Å². The lowest BCUT2D eigenvalue weighted by Gasteiger charge is -2.14. The van der Waals surface area contributed by atoms with Crippen LogP contribution in [0.5, 0.6) is 0 Å². The lowest BCUT2D eigenvalue weighted by molar-refractivity contribution is -0.137. The molecule has 1 amide bonds. The topological polar surface area (TPSA) is 32.3 Å². The number of rotatable bonds is 4. The average Bonchev–Trinajstić information content (AvgIpc) is 2.27. The molecule has 0 fully saturated rings. The van der Waals surface area contributed by atoms with E-state index >= 15 is 0 Å². The standard InChI is InChI=1S/C12H15F3N2O/c1-17(2)8-7-16-11(18)9-5-3-4-6-10(9)12(13,14)15/h3-6H,7-8H2,1-2H3,(H,16,18). The maximum Gasteiger partial charge on any atom is 0.417 e. The quantitative estimate of drug-likeness (QED) is 0.898. The molecule has 0 aromatic heterocycles. The van der Waals surface area contributed by atoms with E-state index in [1.165, 1.54) is 18.2 Å². The molecule has 1 N–H and O–H groups in total. The molecule has 0 atom stereocenters. The number of carbonyl (C=O) groups is 1. The second-order valence-electron chi connectivity index (χ2n) is 4.10. The van der Waals surface area contributed by atoms with Crippen LogP contribution in [-0.4, -0.2) is 38.0 Å². The fraction of sp³-hybridized carbons (Fsp3) is 0.417. The van der Waals surface area contributed by atoms with E-state index in [1.807, 2.05) is 19.0 Å². The summed E-state index contributed by atoms with van der Waals surface area (Å²) in [5.41, 5.74) is -1.25. The highest BCUT2D eigenvalue weighted by molar-refractivity contribution is 5.95.